The molecule has 0 heterocycles. The zero-order chi connectivity index (χ0) is 13.1. The lowest BCUT2D eigenvalue weighted by molar-refractivity contribution is -0.139. The van der Waals surface area contributed by atoms with E-state index < -0.39 is 0 Å². The van der Waals surface area contributed by atoms with Crippen molar-refractivity contribution in [1.82, 2.24) is 0 Å². The van der Waals surface area contributed by atoms with Crippen molar-refractivity contribution in [2.45, 2.75) is 46.5 Å². The molecule has 0 rings (SSSR count). The van der Waals surface area contributed by atoms with Gasteiger partial charge in [0.25, 0.3) is 0 Å². The molecule has 4 nitrogen and oxygen atoms in total. The predicted octanol–water partition coefficient (Wildman–Crippen LogP) is 2.38. The first-order valence-corrected chi connectivity index (χ1v) is 6.43. The molecule has 17 heavy (non-hydrogen) atoms. The van der Waals surface area contributed by atoms with Crippen LogP contribution in [0.1, 0.15) is 46.5 Å². The van der Waals surface area contributed by atoms with Gasteiger partial charge in [-0.15, -0.1) is 0 Å². The highest BCUT2D eigenvalue weighted by atomic mass is 16.5. The van der Waals surface area contributed by atoms with Crippen LogP contribution in [0, 0.1) is 0 Å². The van der Waals surface area contributed by atoms with Gasteiger partial charge in [0.2, 0.25) is 0 Å². The molecular weight excluding hydrogens is 218 g/mol. The molecule has 0 saturated heterocycles. The number of allylic oxidation sites excluding steroid dienone is 1. The van der Waals surface area contributed by atoms with Crippen molar-refractivity contribution in [3.63, 3.8) is 0 Å². The quantitative estimate of drug-likeness (QED) is 0.384. The third-order valence-electron chi connectivity index (χ3n) is 2.36. The van der Waals surface area contributed by atoms with Gasteiger partial charge in [0.1, 0.15) is 5.76 Å². The monoisotopic (exact) mass is 243 g/mol. The highest BCUT2D eigenvalue weighted by molar-refractivity contribution is 5.88. The van der Waals surface area contributed by atoms with Crippen molar-refractivity contribution in [2.24, 2.45) is 5.73 Å². The molecule has 0 aromatic rings. The van der Waals surface area contributed by atoms with E-state index in [-0.39, 0.29) is 5.97 Å². The Balaban J connectivity index is 4.77. The minimum absolute atomic E-state index is 0.266. The normalized spacial score (nSPS) is 12.0. The number of hydrogen-bond donors (Lipinski definition) is 1. The highest BCUT2D eigenvalue weighted by Crippen LogP contribution is 2.18. The van der Waals surface area contributed by atoms with Crippen molar-refractivity contribution < 1.29 is 14.3 Å². The van der Waals surface area contributed by atoms with E-state index in [0.29, 0.717) is 31.8 Å². The summed E-state index contributed by atoms with van der Waals surface area (Å²) in [5, 5.41) is 0. The molecular formula is C13H25NO3. The molecule has 0 fully saturated rings. The van der Waals surface area contributed by atoms with Crippen molar-refractivity contribution >= 4 is 5.97 Å². The Labute approximate surface area is 104 Å². The lowest BCUT2D eigenvalue weighted by Gasteiger charge is -2.14. The Kier molecular flexibility index (Phi) is 9.53. The van der Waals surface area contributed by atoms with E-state index >= 15 is 0 Å². The lowest BCUT2D eigenvalue weighted by Crippen LogP contribution is -2.14. The maximum atomic E-state index is 11.8. The smallest absolute Gasteiger partial charge is 0.337 e. The number of ether oxygens (including phenoxy) is 2. The molecule has 0 saturated carbocycles. The number of unbranched alkanes of at least 4 members (excludes halogenated alkanes) is 1. The minimum atomic E-state index is -0.266. The number of esters is 1. The van der Waals surface area contributed by atoms with E-state index in [2.05, 4.69) is 6.92 Å². The summed E-state index contributed by atoms with van der Waals surface area (Å²) in [5.41, 5.74) is 6.07. The van der Waals surface area contributed by atoms with Crippen LogP contribution in [0.4, 0.5) is 0 Å². The summed E-state index contributed by atoms with van der Waals surface area (Å²) in [4.78, 5) is 11.8. The predicted molar refractivity (Wildman–Crippen MR) is 68.5 cm³/mol. The Bertz CT molecular complexity index is 239. The summed E-state index contributed by atoms with van der Waals surface area (Å²) in [6, 6.07) is 0. The molecule has 0 radical (unpaired) electrons. The van der Waals surface area contributed by atoms with Crippen LogP contribution in [0.2, 0.25) is 0 Å². The van der Waals surface area contributed by atoms with E-state index in [1.807, 2.05) is 6.92 Å². The van der Waals surface area contributed by atoms with Crippen molar-refractivity contribution in [1.29, 1.82) is 0 Å². The first kappa shape index (κ1) is 16.0. The number of rotatable bonds is 9. The average Bonchev–Trinajstić information content (AvgIpc) is 2.33. The van der Waals surface area contributed by atoms with Gasteiger partial charge in [-0.25, -0.2) is 4.79 Å². The van der Waals surface area contributed by atoms with Gasteiger partial charge in [-0.1, -0.05) is 20.3 Å². The van der Waals surface area contributed by atoms with Gasteiger partial charge in [0, 0.05) is 13.0 Å². The Morgan fingerprint density at radius 3 is 2.35 bits per heavy atom. The van der Waals surface area contributed by atoms with Gasteiger partial charge >= 0.3 is 5.97 Å². The zero-order valence-corrected chi connectivity index (χ0v) is 11.3. The molecule has 0 amide bonds. The summed E-state index contributed by atoms with van der Waals surface area (Å²) in [5.74, 6) is 0.483. The molecule has 0 aliphatic carbocycles. The van der Waals surface area contributed by atoms with Crippen LogP contribution in [-0.4, -0.2) is 25.7 Å². The highest BCUT2D eigenvalue weighted by Gasteiger charge is 2.15. The van der Waals surface area contributed by atoms with Crippen LogP contribution in [0.3, 0.4) is 0 Å². The second-order valence-electron chi connectivity index (χ2n) is 3.72. The van der Waals surface area contributed by atoms with Gasteiger partial charge < -0.3 is 15.2 Å². The SMILES string of the molecule is CCCC/C(OCCN)=C(\CC)C(=O)OCC. The molecule has 0 aromatic carbocycles. The van der Waals surface area contributed by atoms with Gasteiger partial charge in [0.15, 0.2) is 0 Å². The number of hydrogen-bond acceptors (Lipinski definition) is 4. The standard InChI is InChI=1S/C13H25NO3/c1-4-7-8-12(17-10-9-14)11(5-2)13(15)16-6-3/h4-10,14H2,1-3H3/b12-11-. The molecule has 2 N–H and O–H groups in total. The summed E-state index contributed by atoms with van der Waals surface area (Å²) in [7, 11) is 0. The average molecular weight is 243 g/mol. The largest absolute Gasteiger partial charge is 0.496 e. The van der Waals surface area contributed by atoms with Crippen LogP contribution in [0.15, 0.2) is 11.3 Å². The Morgan fingerprint density at radius 1 is 1.18 bits per heavy atom. The zero-order valence-electron chi connectivity index (χ0n) is 11.3. The third-order valence-corrected chi connectivity index (χ3v) is 2.36. The third kappa shape index (κ3) is 6.31. The van der Waals surface area contributed by atoms with Crippen LogP contribution in [0.5, 0.6) is 0 Å². The van der Waals surface area contributed by atoms with Crippen molar-refractivity contribution in [2.75, 3.05) is 19.8 Å². The number of carbonyl (C=O) groups is 1. The molecule has 100 valence electrons. The van der Waals surface area contributed by atoms with Gasteiger partial charge in [-0.05, 0) is 19.8 Å². The second kappa shape index (κ2) is 10.1. The van der Waals surface area contributed by atoms with E-state index in [1.54, 1.807) is 6.92 Å². The van der Waals surface area contributed by atoms with Crippen molar-refractivity contribution in [3.05, 3.63) is 11.3 Å². The molecule has 0 spiro atoms. The summed E-state index contributed by atoms with van der Waals surface area (Å²) >= 11 is 0. The Hall–Kier alpha value is -1.03. The maximum absolute atomic E-state index is 11.8. The molecule has 4 heteroatoms. The fourth-order valence-electron chi connectivity index (χ4n) is 1.50. The number of carbonyl (C=O) groups excluding carboxylic acids is 1. The fourth-order valence-corrected chi connectivity index (χ4v) is 1.50. The van der Waals surface area contributed by atoms with E-state index in [0.717, 1.165) is 25.0 Å². The molecule has 0 aromatic heterocycles. The first-order valence-electron chi connectivity index (χ1n) is 6.43. The molecule has 0 bridgehead atoms. The first-order chi connectivity index (χ1) is 8.21. The molecule has 0 atom stereocenters. The van der Waals surface area contributed by atoms with Gasteiger partial charge in [0.05, 0.1) is 18.8 Å². The van der Waals surface area contributed by atoms with Gasteiger partial charge in [-0.2, -0.15) is 0 Å². The van der Waals surface area contributed by atoms with E-state index in [4.69, 9.17) is 15.2 Å². The molecule has 0 aliphatic rings. The minimum Gasteiger partial charge on any atom is -0.496 e. The van der Waals surface area contributed by atoms with Gasteiger partial charge in [-0.3, -0.25) is 0 Å². The van der Waals surface area contributed by atoms with Crippen LogP contribution >= 0.6 is 0 Å². The molecule has 0 unspecified atom stereocenters. The topological polar surface area (TPSA) is 61.5 Å². The lowest BCUT2D eigenvalue weighted by atomic mass is 10.1. The molecule has 0 aliphatic heterocycles. The maximum Gasteiger partial charge on any atom is 0.337 e. The summed E-state index contributed by atoms with van der Waals surface area (Å²) < 4.78 is 10.6. The van der Waals surface area contributed by atoms with Crippen LogP contribution < -0.4 is 5.73 Å². The van der Waals surface area contributed by atoms with E-state index in [9.17, 15) is 4.79 Å². The summed E-state index contributed by atoms with van der Waals surface area (Å²) in [6.07, 6.45) is 3.47. The second-order valence-corrected chi connectivity index (χ2v) is 3.72. The van der Waals surface area contributed by atoms with E-state index in [1.165, 1.54) is 0 Å². The Morgan fingerprint density at radius 2 is 1.88 bits per heavy atom. The summed E-state index contributed by atoms with van der Waals surface area (Å²) in [6.45, 7) is 7.13. The van der Waals surface area contributed by atoms with Crippen LogP contribution in [-0.2, 0) is 14.3 Å². The van der Waals surface area contributed by atoms with Crippen molar-refractivity contribution in [3.8, 4) is 0 Å². The number of nitrogens with two attached hydrogens (primary N) is 1. The fraction of sp³-hybridized carbons (Fsp3) is 0.769. The van der Waals surface area contributed by atoms with Crippen LogP contribution in [0.25, 0.3) is 0 Å².